The Morgan fingerprint density at radius 2 is 1.78 bits per heavy atom. The number of sulfone groups is 1. The third-order valence-electron chi connectivity index (χ3n) is 2.97. The Kier molecular flexibility index (Phi) is 4.56. The van der Waals surface area contributed by atoms with Crippen molar-refractivity contribution in [2.75, 3.05) is 0 Å². The van der Waals surface area contributed by atoms with Crippen LogP contribution in [0.1, 0.15) is 31.2 Å². The second-order valence-electron chi connectivity index (χ2n) is 5.88. The Hall–Kier alpha value is -1.12. The van der Waals surface area contributed by atoms with Gasteiger partial charge in [-0.3, -0.25) is 0 Å². The topological polar surface area (TPSA) is 47.0 Å². The quantitative estimate of drug-likeness (QED) is 0.737. The molecule has 0 unspecified atom stereocenters. The molecule has 126 valence electrons. The van der Waals surface area contributed by atoms with E-state index in [1.54, 1.807) is 6.07 Å². The van der Waals surface area contributed by atoms with E-state index in [2.05, 4.69) is 4.98 Å². The Balaban J connectivity index is 2.51. The SMILES string of the molecule is CC(C)(C)c1ccc(S(=O)(=O)c2ncc(C(F)(F)F)cc2Cl)s1. The van der Waals surface area contributed by atoms with E-state index in [9.17, 15) is 21.6 Å². The van der Waals surface area contributed by atoms with Crippen LogP contribution in [0.2, 0.25) is 5.02 Å². The highest BCUT2D eigenvalue weighted by atomic mass is 35.5. The Bertz CT molecular complexity index is 836. The van der Waals surface area contributed by atoms with E-state index in [1.165, 1.54) is 6.07 Å². The normalized spacial score (nSPS) is 13.3. The molecule has 9 heteroatoms. The number of pyridine rings is 1. The zero-order valence-corrected chi connectivity index (χ0v) is 14.8. The van der Waals surface area contributed by atoms with Gasteiger partial charge in [-0.15, -0.1) is 11.3 Å². The molecule has 0 aliphatic rings. The van der Waals surface area contributed by atoms with Crippen molar-refractivity contribution in [3.8, 4) is 0 Å². The van der Waals surface area contributed by atoms with Crippen LogP contribution in [0.4, 0.5) is 13.2 Å². The summed E-state index contributed by atoms with van der Waals surface area (Å²) in [5.74, 6) is 0. The molecule has 23 heavy (non-hydrogen) atoms. The lowest BCUT2D eigenvalue weighted by Gasteiger charge is -2.15. The summed E-state index contributed by atoms with van der Waals surface area (Å²) in [7, 11) is -4.06. The van der Waals surface area contributed by atoms with Crippen LogP contribution in [0.15, 0.2) is 33.6 Å². The number of alkyl halides is 3. The summed E-state index contributed by atoms with van der Waals surface area (Å²) < 4.78 is 62.9. The molecule has 0 amide bonds. The molecule has 0 N–H and O–H groups in total. The van der Waals surface area contributed by atoms with E-state index in [0.29, 0.717) is 12.3 Å². The van der Waals surface area contributed by atoms with Crippen molar-refractivity contribution in [2.45, 2.75) is 41.6 Å². The van der Waals surface area contributed by atoms with Gasteiger partial charge in [-0.25, -0.2) is 13.4 Å². The highest BCUT2D eigenvalue weighted by molar-refractivity contribution is 7.93. The lowest BCUT2D eigenvalue weighted by atomic mass is 9.95. The number of rotatable bonds is 2. The average Bonchev–Trinajstić information content (AvgIpc) is 2.87. The van der Waals surface area contributed by atoms with Gasteiger partial charge in [0.25, 0.3) is 0 Å². The molecule has 0 bridgehead atoms. The minimum Gasteiger partial charge on any atom is -0.242 e. The lowest BCUT2D eigenvalue weighted by Crippen LogP contribution is -2.09. The fourth-order valence-electron chi connectivity index (χ4n) is 1.74. The maximum absolute atomic E-state index is 12.6. The Morgan fingerprint density at radius 3 is 2.22 bits per heavy atom. The summed E-state index contributed by atoms with van der Waals surface area (Å²) in [5, 5.41) is -1.12. The Labute approximate surface area is 141 Å². The number of aromatic nitrogens is 1. The van der Waals surface area contributed by atoms with Crippen molar-refractivity contribution >= 4 is 32.8 Å². The second-order valence-corrected chi connectivity index (χ2v) is 9.46. The van der Waals surface area contributed by atoms with Gasteiger partial charge in [0, 0.05) is 11.1 Å². The molecular weight excluding hydrogens is 371 g/mol. The van der Waals surface area contributed by atoms with Crippen LogP contribution < -0.4 is 0 Å². The third-order valence-corrected chi connectivity index (χ3v) is 7.09. The van der Waals surface area contributed by atoms with Gasteiger partial charge in [-0.2, -0.15) is 13.2 Å². The zero-order chi connectivity index (χ0) is 17.6. The van der Waals surface area contributed by atoms with Crippen LogP contribution in [-0.4, -0.2) is 13.4 Å². The zero-order valence-electron chi connectivity index (χ0n) is 12.4. The highest BCUT2D eigenvalue weighted by Gasteiger charge is 2.34. The summed E-state index contributed by atoms with van der Waals surface area (Å²) in [6.07, 6.45) is -4.17. The maximum Gasteiger partial charge on any atom is 0.417 e. The maximum atomic E-state index is 12.6. The molecule has 2 rings (SSSR count). The van der Waals surface area contributed by atoms with E-state index in [0.717, 1.165) is 16.2 Å². The molecular formula is C14H13ClF3NO2S2. The molecule has 0 aliphatic carbocycles. The lowest BCUT2D eigenvalue weighted by molar-refractivity contribution is -0.137. The van der Waals surface area contributed by atoms with Crippen LogP contribution in [0.3, 0.4) is 0 Å². The molecule has 0 saturated carbocycles. The molecule has 2 aromatic rings. The van der Waals surface area contributed by atoms with Gasteiger partial charge in [-0.05, 0) is 23.6 Å². The number of thiophene rings is 1. The number of halogens is 4. The first kappa shape index (κ1) is 18.2. The van der Waals surface area contributed by atoms with E-state index < -0.39 is 31.6 Å². The van der Waals surface area contributed by atoms with Gasteiger partial charge in [0.1, 0.15) is 4.21 Å². The molecule has 0 aliphatic heterocycles. The molecule has 0 radical (unpaired) electrons. The molecule has 0 aromatic carbocycles. The monoisotopic (exact) mass is 383 g/mol. The van der Waals surface area contributed by atoms with E-state index in [4.69, 9.17) is 11.6 Å². The number of nitrogens with zero attached hydrogens (tertiary/aromatic N) is 1. The first-order valence-electron chi connectivity index (χ1n) is 6.41. The largest absolute Gasteiger partial charge is 0.417 e. The van der Waals surface area contributed by atoms with Gasteiger partial charge < -0.3 is 0 Å². The molecule has 2 aromatic heterocycles. The van der Waals surface area contributed by atoms with Crippen LogP contribution in [0.5, 0.6) is 0 Å². The first-order valence-corrected chi connectivity index (χ1v) is 9.09. The van der Waals surface area contributed by atoms with Crippen molar-refractivity contribution in [3.05, 3.63) is 39.9 Å². The minimum atomic E-state index is -4.64. The van der Waals surface area contributed by atoms with Crippen molar-refractivity contribution < 1.29 is 21.6 Å². The van der Waals surface area contributed by atoms with Crippen molar-refractivity contribution in [1.29, 1.82) is 0 Å². The smallest absolute Gasteiger partial charge is 0.242 e. The fraction of sp³-hybridized carbons (Fsp3) is 0.357. The first-order chi connectivity index (χ1) is 10.3. The van der Waals surface area contributed by atoms with Crippen molar-refractivity contribution in [1.82, 2.24) is 4.98 Å². The van der Waals surface area contributed by atoms with Gasteiger partial charge in [0.2, 0.25) is 9.84 Å². The summed E-state index contributed by atoms with van der Waals surface area (Å²) in [6.45, 7) is 5.79. The predicted molar refractivity (Wildman–Crippen MR) is 82.7 cm³/mol. The van der Waals surface area contributed by atoms with Crippen LogP contribution in [0.25, 0.3) is 0 Å². The minimum absolute atomic E-state index is 0.00316. The second kappa shape index (κ2) is 5.75. The summed E-state index contributed by atoms with van der Waals surface area (Å²) in [5.41, 5.74) is -1.33. The van der Waals surface area contributed by atoms with Gasteiger partial charge in [-0.1, -0.05) is 32.4 Å². The third kappa shape index (κ3) is 3.70. The van der Waals surface area contributed by atoms with Crippen molar-refractivity contribution in [3.63, 3.8) is 0 Å². The summed E-state index contributed by atoms with van der Waals surface area (Å²) in [6, 6.07) is 3.66. The van der Waals surface area contributed by atoms with Crippen LogP contribution >= 0.6 is 22.9 Å². The van der Waals surface area contributed by atoms with Crippen LogP contribution in [0, 0.1) is 0 Å². The van der Waals surface area contributed by atoms with Crippen LogP contribution in [-0.2, 0) is 21.4 Å². The van der Waals surface area contributed by atoms with E-state index in [1.807, 2.05) is 20.8 Å². The van der Waals surface area contributed by atoms with E-state index in [-0.39, 0.29) is 9.62 Å². The van der Waals surface area contributed by atoms with Crippen molar-refractivity contribution in [2.24, 2.45) is 0 Å². The van der Waals surface area contributed by atoms with E-state index >= 15 is 0 Å². The predicted octanol–water partition coefficient (Wildman–Crippen LogP) is 4.95. The highest BCUT2D eigenvalue weighted by Crippen LogP contribution is 2.37. The molecule has 0 fully saturated rings. The Morgan fingerprint density at radius 1 is 1.17 bits per heavy atom. The fourth-order valence-corrected chi connectivity index (χ4v) is 4.90. The van der Waals surface area contributed by atoms with Gasteiger partial charge in [0.15, 0.2) is 5.03 Å². The number of hydrogen-bond donors (Lipinski definition) is 0. The summed E-state index contributed by atoms with van der Waals surface area (Å²) in [4.78, 5) is 4.26. The standard InChI is InChI=1S/C14H13ClF3NO2S2/c1-13(2,3)10-4-5-11(22-10)23(20,21)12-9(15)6-8(7-19-12)14(16,17)18/h4-7H,1-3H3. The molecule has 2 heterocycles. The van der Waals surface area contributed by atoms with Gasteiger partial charge >= 0.3 is 6.18 Å². The molecule has 0 saturated heterocycles. The molecule has 0 atom stereocenters. The number of hydrogen-bond acceptors (Lipinski definition) is 4. The molecule has 3 nitrogen and oxygen atoms in total. The summed E-state index contributed by atoms with van der Waals surface area (Å²) >= 11 is 6.78. The van der Waals surface area contributed by atoms with Gasteiger partial charge in [0.05, 0.1) is 10.6 Å². The molecule has 0 spiro atoms. The average molecular weight is 384 g/mol.